The smallest absolute Gasteiger partial charge is 0.251 e. The van der Waals surface area contributed by atoms with E-state index < -0.39 is 0 Å². The highest BCUT2D eigenvalue weighted by Gasteiger charge is 2.22. The van der Waals surface area contributed by atoms with Gasteiger partial charge in [-0.1, -0.05) is 24.8 Å². The van der Waals surface area contributed by atoms with Crippen LogP contribution < -0.4 is 15.4 Å². The second kappa shape index (κ2) is 11.5. The zero-order valence-corrected chi connectivity index (χ0v) is 19.7. The van der Waals surface area contributed by atoms with Crippen LogP contribution in [-0.4, -0.2) is 36.6 Å². The van der Waals surface area contributed by atoms with Crippen LogP contribution in [-0.2, 0) is 16.1 Å². The van der Waals surface area contributed by atoms with Gasteiger partial charge in [-0.25, -0.2) is 4.98 Å². The number of oxazole rings is 1. The molecule has 0 atom stereocenters. The number of carbonyl (C=O) groups is 2. The Kier molecular flexibility index (Phi) is 7.95. The Labute approximate surface area is 204 Å². The third-order valence-corrected chi connectivity index (χ3v) is 5.74. The molecule has 0 aliphatic carbocycles. The molecule has 8 nitrogen and oxygen atoms in total. The molecule has 0 saturated carbocycles. The van der Waals surface area contributed by atoms with Crippen molar-refractivity contribution < 1.29 is 23.5 Å². The summed E-state index contributed by atoms with van der Waals surface area (Å²) in [4.78, 5) is 29.7. The molecule has 2 aromatic carbocycles. The summed E-state index contributed by atoms with van der Waals surface area (Å²) in [6, 6.07) is 14.3. The molecule has 1 aliphatic rings. The van der Waals surface area contributed by atoms with Gasteiger partial charge in [0.25, 0.3) is 5.91 Å². The molecule has 0 unspecified atom stereocenters. The van der Waals surface area contributed by atoms with Crippen molar-refractivity contribution in [3.8, 4) is 17.2 Å². The van der Waals surface area contributed by atoms with Gasteiger partial charge in [0.05, 0.1) is 6.54 Å². The van der Waals surface area contributed by atoms with Gasteiger partial charge in [0.2, 0.25) is 11.8 Å². The number of amides is 2. The minimum atomic E-state index is -0.240. The largest absolute Gasteiger partial charge is 0.490 e. The number of ether oxygens (including phenoxy) is 2. The van der Waals surface area contributed by atoms with Gasteiger partial charge in [0, 0.05) is 35.9 Å². The second-order valence-electron chi connectivity index (χ2n) is 8.29. The van der Waals surface area contributed by atoms with E-state index in [9.17, 15) is 9.59 Å². The Morgan fingerprint density at radius 2 is 1.97 bits per heavy atom. The average molecular weight is 476 g/mol. The molecule has 2 N–H and O–H groups in total. The molecule has 182 valence electrons. The number of hydrogen-bond donors (Lipinski definition) is 2. The highest BCUT2D eigenvalue weighted by molar-refractivity contribution is 5.94. The highest BCUT2D eigenvalue weighted by atomic mass is 16.5. The minimum absolute atomic E-state index is 0.00334. The van der Waals surface area contributed by atoms with E-state index in [1.54, 1.807) is 37.3 Å². The first-order valence-corrected chi connectivity index (χ1v) is 11.6. The Morgan fingerprint density at radius 3 is 2.77 bits per heavy atom. The van der Waals surface area contributed by atoms with Crippen molar-refractivity contribution in [3.05, 3.63) is 78.2 Å². The van der Waals surface area contributed by atoms with Crippen LogP contribution in [0.15, 0.2) is 65.6 Å². The summed E-state index contributed by atoms with van der Waals surface area (Å²) in [7, 11) is 0. The molecule has 35 heavy (non-hydrogen) atoms. The Bertz CT molecular complexity index is 1200. The molecule has 3 aromatic rings. The predicted octanol–water partition coefficient (Wildman–Crippen LogP) is 4.51. The summed E-state index contributed by atoms with van der Waals surface area (Å²) >= 11 is 0. The first-order valence-electron chi connectivity index (χ1n) is 11.6. The summed E-state index contributed by atoms with van der Waals surface area (Å²) in [6.07, 6.45) is 3.10. The molecule has 0 spiro atoms. The van der Waals surface area contributed by atoms with E-state index in [2.05, 4.69) is 22.2 Å². The highest BCUT2D eigenvalue weighted by Crippen LogP contribution is 2.25. The molecule has 2 heterocycles. The number of carbonyl (C=O) groups excluding carboxylic acids is 2. The normalized spacial score (nSPS) is 13.7. The van der Waals surface area contributed by atoms with Gasteiger partial charge >= 0.3 is 0 Å². The monoisotopic (exact) mass is 475 g/mol. The van der Waals surface area contributed by atoms with Crippen molar-refractivity contribution in [2.75, 3.05) is 25.1 Å². The molecule has 0 bridgehead atoms. The van der Waals surface area contributed by atoms with Crippen molar-refractivity contribution in [1.29, 1.82) is 0 Å². The Hall–Kier alpha value is -3.91. The number of aromatic nitrogens is 1. The summed E-state index contributed by atoms with van der Waals surface area (Å²) < 4.78 is 16.7. The molecule has 1 aliphatic heterocycles. The van der Waals surface area contributed by atoms with Crippen LogP contribution in [0.3, 0.4) is 0 Å². The lowest BCUT2D eigenvalue weighted by atomic mass is 9.99. The summed E-state index contributed by atoms with van der Waals surface area (Å²) in [6.45, 7) is 7.23. The SMILES string of the molecule is C=CCOc1cccc(C(=O)NCc2nc(-c3cccc(NC(=O)C4CCOCC4)c3)oc2C)c1. The van der Waals surface area contributed by atoms with Gasteiger partial charge in [-0.2, -0.15) is 0 Å². The maximum absolute atomic E-state index is 12.6. The number of anilines is 1. The van der Waals surface area contributed by atoms with Crippen LogP contribution >= 0.6 is 0 Å². The maximum atomic E-state index is 12.6. The maximum Gasteiger partial charge on any atom is 0.251 e. The Morgan fingerprint density at radius 1 is 1.17 bits per heavy atom. The number of aryl methyl sites for hydroxylation is 1. The zero-order valence-electron chi connectivity index (χ0n) is 19.7. The molecule has 4 rings (SSSR count). The van der Waals surface area contributed by atoms with Crippen LogP contribution in [0.1, 0.15) is 34.7 Å². The molecule has 1 saturated heterocycles. The van der Waals surface area contributed by atoms with E-state index in [-0.39, 0.29) is 24.3 Å². The fourth-order valence-electron chi connectivity index (χ4n) is 3.80. The summed E-state index contributed by atoms with van der Waals surface area (Å²) in [5.74, 6) is 1.35. The van der Waals surface area contributed by atoms with E-state index in [0.29, 0.717) is 54.2 Å². The fourth-order valence-corrected chi connectivity index (χ4v) is 3.80. The van der Waals surface area contributed by atoms with E-state index in [1.807, 2.05) is 24.3 Å². The number of nitrogens with one attached hydrogen (secondary N) is 2. The van der Waals surface area contributed by atoms with Gasteiger partial charge in [-0.15, -0.1) is 0 Å². The van der Waals surface area contributed by atoms with Gasteiger partial charge < -0.3 is 24.5 Å². The van der Waals surface area contributed by atoms with Crippen molar-refractivity contribution in [1.82, 2.24) is 10.3 Å². The van der Waals surface area contributed by atoms with Gasteiger partial charge in [0.1, 0.15) is 23.8 Å². The van der Waals surface area contributed by atoms with Crippen LogP contribution in [0.5, 0.6) is 5.75 Å². The number of hydrogen-bond acceptors (Lipinski definition) is 6. The average Bonchev–Trinajstić information content (AvgIpc) is 3.27. The molecule has 2 amide bonds. The summed E-state index contributed by atoms with van der Waals surface area (Å²) in [5.41, 5.74) is 2.54. The lowest BCUT2D eigenvalue weighted by Crippen LogP contribution is -2.28. The van der Waals surface area contributed by atoms with Crippen LogP contribution in [0.25, 0.3) is 11.5 Å². The second-order valence-corrected chi connectivity index (χ2v) is 8.29. The van der Waals surface area contributed by atoms with Crippen molar-refractivity contribution in [3.63, 3.8) is 0 Å². The standard InChI is InChI=1S/C27H29N3O5/c1-3-12-34-23-9-5-6-20(16-23)25(31)28-17-24-18(2)35-27(30-24)21-7-4-8-22(15-21)29-26(32)19-10-13-33-14-11-19/h3-9,15-16,19H,1,10-14,17H2,2H3,(H,28,31)(H,29,32). The van der Waals surface area contributed by atoms with Crippen molar-refractivity contribution >= 4 is 17.5 Å². The van der Waals surface area contributed by atoms with Crippen molar-refractivity contribution in [2.24, 2.45) is 5.92 Å². The Balaban J connectivity index is 1.39. The first kappa shape index (κ1) is 24.2. The third-order valence-electron chi connectivity index (χ3n) is 5.74. The molecule has 8 heteroatoms. The molecular weight excluding hydrogens is 446 g/mol. The van der Waals surface area contributed by atoms with Gasteiger partial charge in [0.15, 0.2) is 0 Å². The number of rotatable bonds is 9. The van der Waals surface area contributed by atoms with E-state index in [4.69, 9.17) is 13.9 Å². The fraction of sp³-hybridized carbons (Fsp3) is 0.296. The van der Waals surface area contributed by atoms with Crippen LogP contribution in [0, 0.1) is 12.8 Å². The molecule has 0 radical (unpaired) electrons. The molecule has 1 fully saturated rings. The van der Waals surface area contributed by atoms with Crippen molar-refractivity contribution in [2.45, 2.75) is 26.3 Å². The first-order chi connectivity index (χ1) is 17.0. The topological polar surface area (TPSA) is 103 Å². The molecule has 1 aromatic heterocycles. The van der Waals surface area contributed by atoms with E-state index in [1.165, 1.54) is 0 Å². The lowest BCUT2D eigenvalue weighted by molar-refractivity contribution is -0.122. The van der Waals surface area contributed by atoms with Crippen LogP contribution in [0.4, 0.5) is 5.69 Å². The number of nitrogens with zero attached hydrogens (tertiary/aromatic N) is 1. The lowest BCUT2D eigenvalue weighted by Gasteiger charge is -2.21. The summed E-state index contributed by atoms with van der Waals surface area (Å²) in [5, 5.41) is 5.86. The predicted molar refractivity (Wildman–Crippen MR) is 132 cm³/mol. The van der Waals surface area contributed by atoms with E-state index >= 15 is 0 Å². The minimum Gasteiger partial charge on any atom is -0.490 e. The quantitative estimate of drug-likeness (QED) is 0.442. The van der Waals surface area contributed by atoms with E-state index in [0.717, 1.165) is 18.4 Å². The molecular formula is C27H29N3O5. The third kappa shape index (κ3) is 6.36. The van der Waals surface area contributed by atoms with Crippen LogP contribution in [0.2, 0.25) is 0 Å². The number of benzene rings is 2. The van der Waals surface area contributed by atoms with Gasteiger partial charge in [-0.05, 0) is 56.2 Å². The zero-order chi connectivity index (χ0) is 24.6. The van der Waals surface area contributed by atoms with Gasteiger partial charge in [-0.3, -0.25) is 9.59 Å².